The zero-order valence-corrected chi connectivity index (χ0v) is 16.1. The number of hydrogen-bond acceptors (Lipinski definition) is 4. The minimum atomic E-state index is -3.73. The molecule has 0 aromatic heterocycles. The molecule has 2 rings (SSSR count). The topological polar surface area (TPSA) is 78.5 Å². The van der Waals surface area contributed by atoms with Crippen molar-refractivity contribution in [2.75, 3.05) is 31.6 Å². The third-order valence-electron chi connectivity index (χ3n) is 3.74. The summed E-state index contributed by atoms with van der Waals surface area (Å²) in [5.41, 5.74) is 1.06. The van der Waals surface area contributed by atoms with Crippen LogP contribution in [0, 0.1) is 0 Å². The van der Waals surface area contributed by atoms with Gasteiger partial charge in [0.1, 0.15) is 4.90 Å². The first-order chi connectivity index (χ1) is 12.4. The molecule has 6 nitrogen and oxygen atoms in total. The lowest BCUT2D eigenvalue weighted by Crippen LogP contribution is -2.35. The van der Waals surface area contributed by atoms with Crippen molar-refractivity contribution >= 4 is 33.2 Å². The number of benzene rings is 2. The summed E-state index contributed by atoms with van der Waals surface area (Å²) in [6.45, 7) is 1.14. The summed E-state index contributed by atoms with van der Waals surface area (Å²) in [6.07, 6.45) is 0.0543. The smallest absolute Gasteiger partial charge is 0.242 e. The van der Waals surface area contributed by atoms with Crippen molar-refractivity contribution in [3.05, 3.63) is 59.6 Å². The van der Waals surface area contributed by atoms with E-state index < -0.39 is 10.0 Å². The molecule has 8 heteroatoms. The average Bonchev–Trinajstić information content (AvgIpc) is 2.62. The number of nitrogens with zero attached hydrogens (tertiary/aromatic N) is 1. The fourth-order valence-corrected chi connectivity index (χ4v) is 3.85. The Kier molecular flexibility index (Phi) is 7.44. The molecule has 0 saturated heterocycles. The van der Waals surface area contributed by atoms with Crippen molar-refractivity contribution in [1.29, 1.82) is 0 Å². The number of halogens is 1. The van der Waals surface area contributed by atoms with Gasteiger partial charge in [0.2, 0.25) is 15.9 Å². The van der Waals surface area contributed by atoms with Gasteiger partial charge in [-0.15, -0.1) is 0 Å². The summed E-state index contributed by atoms with van der Waals surface area (Å²) < 4.78 is 26.7. The summed E-state index contributed by atoms with van der Waals surface area (Å²) >= 11 is 5.90. The summed E-state index contributed by atoms with van der Waals surface area (Å²) in [6, 6.07) is 16.0. The Morgan fingerprint density at radius 2 is 1.69 bits per heavy atom. The molecule has 26 heavy (non-hydrogen) atoms. The highest BCUT2D eigenvalue weighted by molar-refractivity contribution is 7.89. The lowest BCUT2D eigenvalue weighted by molar-refractivity contribution is -0.120. The quantitative estimate of drug-likeness (QED) is 0.682. The maximum absolute atomic E-state index is 12.2. The molecule has 0 aliphatic carbocycles. The van der Waals surface area contributed by atoms with E-state index in [4.69, 9.17) is 11.6 Å². The first-order valence-corrected chi connectivity index (χ1v) is 10.0. The predicted octanol–water partition coefficient (Wildman–Crippen LogP) is 2.26. The van der Waals surface area contributed by atoms with Crippen molar-refractivity contribution in [2.45, 2.75) is 11.3 Å². The fourth-order valence-electron chi connectivity index (χ4n) is 2.30. The average molecular weight is 396 g/mol. The number of carbonyl (C=O) groups is 1. The van der Waals surface area contributed by atoms with Crippen molar-refractivity contribution in [2.24, 2.45) is 0 Å². The molecule has 0 bridgehead atoms. The monoisotopic (exact) mass is 395 g/mol. The minimum Gasteiger partial charge on any atom is -0.373 e. The molecule has 1 amide bonds. The highest BCUT2D eigenvalue weighted by atomic mass is 35.5. The van der Waals surface area contributed by atoms with Gasteiger partial charge in [-0.3, -0.25) is 4.79 Å². The van der Waals surface area contributed by atoms with E-state index in [1.807, 2.05) is 42.3 Å². The molecule has 0 atom stereocenters. The largest absolute Gasteiger partial charge is 0.373 e. The van der Waals surface area contributed by atoms with Gasteiger partial charge in [0.05, 0.1) is 5.02 Å². The number of para-hydroxylation sites is 1. The van der Waals surface area contributed by atoms with E-state index in [-0.39, 0.29) is 28.8 Å². The normalized spacial score (nSPS) is 11.2. The third kappa shape index (κ3) is 6.01. The van der Waals surface area contributed by atoms with Crippen molar-refractivity contribution in [3.8, 4) is 0 Å². The third-order valence-corrected chi connectivity index (χ3v) is 5.70. The standard InChI is InChI=1S/C18H22ClN3O3S/c1-22(15-7-3-2-4-8-15)14-13-20-18(23)11-12-21-26(24,25)17-10-6-5-9-16(17)19/h2-10,21H,11-14H2,1H3,(H,20,23). The Morgan fingerprint density at radius 3 is 2.38 bits per heavy atom. The maximum atomic E-state index is 12.2. The van der Waals surface area contributed by atoms with Gasteiger partial charge in [-0.05, 0) is 24.3 Å². The number of rotatable bonds is 9. The fraction of sp³-hybridized carbons (Fsp3) is 0.278. The minimum absolute atomic E-state index is 0.00607. The summed E-state index contributed by atoms with van der Waals surface area (Å²) in [7, 11) is -1.78. The second-order valence-electron chi connectivity index (χ2n) is 5.69. The van der Waals surface area contributed by atoms with Crippen LogP contribution in [0.3, 0.4) is 0 Å². The van der Waals surface area contributed by atoms with E-state index in [1.165, 1.54) is 12.1 Å². The molecule has 2 N–H and O–H groups in total. The SMILES string of the molecule is CN(CCNC(=O)CCNS(=O)(=O)c1ccccc1Cl)c1ccccc1. The van der Waals surface area contributed by atoms with Crippen LogP contribution in [0.5, 0.6) is 0 Å². The summed E-state index contributed by atoms with van der Waals surface area (Å²) in [5.74, 6) is -0.215. The molecule has 0 aliphatic heterocycles. The number of anilines is 1. The van der Waals surface area contributed by atoms with Crippen LogP contribution < -0.4 is 14.9 Å². The lowest BCUT2D eigenvalue weighted by Gasteiger charge is -2.19. The predicted molar refractivity (Wildman–Crippen MR) is 104 cm³/mol. The molecular weight excluding hydrogens is 374 g/mol. The number of hydrogen-bond donors (Lipinski definition) is 2. The Hall–Kier alpha value is -2.09. The van der Waals surface area contributed by atoms with Crippen LogP contribution in [0.25, 0.3) is 0 Å². The van der Waals surface area contributed by atoms with Crippen LogP contribution in [0.4, 0.5) is 5.69 Å². The molecule has 0 unspecified atom stereocenters. The zero-order chi connectivity index (χ0) is 19.0. The lowest BCUT2D eigenvalue weighted by atomic mass is 10.3. The highest BCUT2D eigenvalue weighted by Gasteiger charge is 2.17. The number of likely N-dealkylation sites (N-methyl/N-ethyl adjacent to an activating group) is 1. The van der Waals surface area contributed by atoms with Crippen LogP contribution in [0.1, 0.15) is 6.42 Å². The van der Waals surface area contributed by atoms with Crippen LogP contribution in [-0.4, -0.2) is 41.0 Å². The molecule has 0 saturated carbocycles. The van der Waals surface area contributed by atoms with Gasteiger partial charge in [-0.2, -0.15) is 0 Å². The van der Waals surface area contributed by atoms with Gasteiger partial charge < -0.3 is 10.2 Å². The van der Waals surface area contributed by atoms with Crippen LogP contribution in [0.15, 0.2) is 59.5 Å². The first kappa shape index (κ1) is 20.2. The van der Waals surface area contributed by atoms with E-state index in [0.717, 1.165) is 5.69 Å². The van der Waals surface area contributed by atoms with E-state index >= 15 is 0 Å². The molecule has 140 valence electrons. The summed E-state index contributed by atoms with van der Waals surface area (Å²) in [4.78, 5) is 13.9. The van der Waals surface area contributed by atoms with E-state index in [2.05, 4.69) is 10.0 Å². The first-order valence-electron chi connectivity index (χ1n) is 8.17. The van der Waals surface area contributed by atoms with E-state index in [0.29, 0.717) is 13.1 Å². The molecule has 0 fully saturated rings. The molecule has 0 heterocycles. The molecule has 0 spiro atoms. The van der Waals surface area contributed by atoms with Crippen molar-refractivity contribution in [3.63, 3.8) is 0 Å². The summed E-state index contributed by atoms with van der Waals surface area (Å²) in [5, 5.41) is 2.93. The molecular formula is C18H22ClN3O3S. The van der Waals surface area contributed by atoms with Gasteiger partial charge in [-0.25, -0.2) is 13.1 Å². The Bertz CT molecular complexity index is 829. The number of amides is 1. The molecule has 0 aliphatic rings. The van der Waals surface area contributed by atoms with Gasteiger partial charge in [0.25, 0.3) is 0 Å². The van der Waals surface area contributed by atoms with Gasteiger partial charge in [-0.1, -0.05) is 41.9 Å². The zero-order valence-electron chi connectivity index (χ0n) is 14.5. The number of nitrogens with one attached hydrogen (secondary N) is 2. The van der Waals surface area contributed by atoms with E-state index in [9.17, 15) is 13.2 Å². The van der Waals surface area contributed by atoms with Crippen LogP contribution in [-0.2, 0) is 14.8 Å². The number of carbonyl (C=O) groups excluding carboxylic acids is 1. The Balaban J connectivity index is 1.71. The number of sulfonamides is 1. The van der Waals surface area contributed by atoms with Crippen LogP contribution in [0.2, 0.25) is 5.02 Å². The van der Waals surface area contributed by atoms with Crippen molar-refractivity contribution in [1.82, 2.24) is 10.0 Å². The van der Waals surface area contributed by atoms with Crippen molar-refractivity contribution < 1.29 is 13.2 Å². The molecule has 0 radical (unpaired) electrons. The Labute approximate surface area is 159 Å². The van der Waals surface area contributed by atoms with E-state index in [1.54, 1.807) is 12.1 Å². The maximum Gasteiger partial charge on any atom is 0.242 e. The van der Waals surface area contributed by atoms with Gasteiger partial charge in [0, 0.05) is 38.8 Å². The van der Waals surface area contributed by atoms with Crippen LogP contribution >= 0.6 is 11.6 Å². The molecule has 2 aromatic rings. The molecule has 2 aromatic carbocycles. The second-order valence-corrected chi connectivity index (χ2v) is 7.83. The van der Waals surface area contributed by atoms with Gasteiger partial charge in [0.15, 0.2) is 0 Å². The second kappa shape index (κ2) is 9.56. The Morgan fingerprint density at radius 1 is 1.04 bits per heavy atom. The highest BCUT2D eigenvalue weighted by Crippen LogP contribution is 2.19. The van der Waals surface area contributed by atoms with Gasteiger partial charge >= 0.3 is 0 Å².